The summed E-state index contributed by atoms with van der Waals surface area (Å²) in [5, 5.41) is 6.65. The number of aromatic nitrogens is 2. The number of methoxy groups -OCH3 is 2. The number of fused-ring (bicyclic) bond motifs is 1. The van der Waals surface area contributed by atoms with E-state index in [1.54, 1.807) is 25.6 Å². The normalized spacial score (nSPS) is 16.6. The molecule has 0 saturated carbocycles. The van der Waals surface area contributed by atoms with Gasteiger partial charge in [0.05, 0.1) is 25.7 Å². The van der Waals surface area contributed by atoms with Crippen LogP contribution in [-0.4, -0.2) is 43.4 Å². The van der Waals surface area contributed by atoms with Crippen LogP contribution in [-0.2, 0) is 4.74 Å². The second-order valence-corrected chi connectivity index (χ2v) is 7.39. The number of nitrogens with zero attached hydrogens (tertiary/aromatic N) is 2. The molecule has 7 heteroatoms. The maximum absolute atomic E-state index is 5.74. The number of thiophene rings is 1. The Labute approximate surface area is 162 Å². The molecule has 4 rings (SSSR count). The Morgan fingerprint density at radius 2 is 2.07 bits per heavy atom. The van der Waals surface area contributed by atoms with Crippen molar-refractivity contribution in [2.75, 3.05) is 32.7 Å². The minimum Gasteiger partial charge on any atom is -0.493 e. The molecule has 1 fully saturated rings. The van der Waals surface area contributed by atoms with Crippen LogP contribution in [0.3, 0.4) is 0 Å². The van der Waals surface area contributed by atoms with Gasteiger partial charge in [0.2, 0.25) is 0 Å². The van der Waals surface area contributed by atoms with Gasteiger partial charge in [0.15, 0.2) is 11.5 Å². The second-order valence-electron chi connectivity index (χ2n) is 6.53. The van der Waals surface area contributed by atoms with E-state index in [4.69, 9.17) is 14.2 Å². The molecule has 2 aromatic heterocycles. The molecule has 1 saturated heterocycles. The van der Waals surface area contributed by atoms with E-state index in [2.05, 4.69) is 20.7 Å². The monoisotopic (exact) mass is 385 g/mol. The number of ether oxygens (including phenoxy) is 3. The second kappa shape index (κ2) is 7.70. The summed E-state index contributed by atoms with van der Waals surface area (Å²) < 4.78 is 16.6. The number of aryl methyl sites for hydroxylation is 1. The average molecular weight is 385 g/mol. The van der Waals surface area contributed by atoms with Crippen LogP contribution >= 0.6 is 11.3 Å². The van der Waals surface area contributed by atoms with E-state index < -0.39 is 0 Å². The maximum atomic E-state index is 5.74. The minimum atomic E-state index is 0.249. The van der Waals surface area contributed by atoms with Crippen molar-refractivity contribution in [3.05, 3.63) is 29.4 Å². The number of anilines is 1. The molecule has 3 aromatic rings. The van der Waals surface area contributed by atoms with E-state index in [1.165, 1.54) is 0 Å². The van der Waals surface area contributed by atoms with Gasteiger partial charge in [0.1, 0.15) is 16.5 Å². The highest BCUT2D eigenvalue weighted by molar-refractivity contribution is 7.17. The van der Waals surface area contributed by atoms with Gasteiger partial charge in [-0.25, -0.2) is 9.97 Å². The lowest BCUT2D eigenvalue weighted by atomic mass is 10.1. The molecule has 1 aliphatic heterocycles. The Balaban J connectivity index is 1.75. The SMILES string of the molecule is COc1ccc(-c2csc3nc(C)nc(NC[C@H]4CCCO4)c23)cc1OC. The highest BCUT2D eigenvalue weighted by Gasteiger charge is 2.19. The Kier molecular flexibility index (Phi) is 5.13. The Morgan fingerprint density at radius 1 is 1.22 bits per heavy atom. The first-order valence-electron chi connectivity index (χ1n) is 9.03. The summed E-state index contributed by atoms with van der Waals surface area (Å²) in [4.78, 5) is 10.3. The van der Waals surface area contributed by atoms with Crippen molar-refractivity contribution < 1.29 is 14.2 Å². The van der Waals surface area contributed by atoms with Crippen molar-refractivity contribution in [3.63, 3.8) is 0 Å². The van der Waals surface area contributed by atoms with E-state index in [-0.39, 0.29) is 6.10 Å². The Morgan fingerprint density at radius 3 is 2.81 bits per heavy atom. The number of benzene rings is 1. The van der Waals surface area contributed by atoms with E-state index in [9.17, 15) is 0 Å². The van der Waals surface area contributed by atoms with Crippen molar-refractivity contribution >= 4 is 27.4 Å². The number of nitrogens with one attached hydrogen (secondary N) is 1. The fraction of sp³-hybridized carbons (Fsp3) is 0.400. The summed E-state index contributed by atoms with van der Waals surface area (Å²) in [7, 11) is 3.29. The molecule has 0 radical (unpaired) electrons. The number of hydrogen-bond acceptors (Lipinski definition) is 7. The number of rotatable bonds is 6. The summed E-state index contributed by atoms with van der Waals surface area (Å²) in [5.41, 5.74) is 2.14. The molecular weight excluding hydrogens is 362 g/mol. The quantitative estimate of drug-likeness (QED) is 0.683. The molecule has 0 unspecified atom stereocenters. The fourth-order valence-corrected chi connectivity index (χ4v) is 4.40. The molecule has 0 spiro atoms. The van der Waals surface area contributed by atoms with Gasteiger partial charge in [-0.15, -0.1) is 11.3 Å². The Bertz CT molecular complexity index is 951. The summed E-state index contributed by atoms with van der Waals surface area (Å²) >= 11 is 1.62. The summed E-state index contributed by atoms with van der Waals surface area (Å²) in [6.45, 7) is 3.53. The summed E-state index contributed by atoms with van der Waals surface area (Å²) in [6.07, 6.45) is 2.46. The Hall–Kier alpha value is -2.38. The highest BCUT2D eigenvalue weighted by atomic mass is 32.1. The third-order valence-electron chi connectivity index (χ3n) is 4.76. The van der Waals surface area contributed by atoms with Gasteiger partial charge >= 0.3 is 0 Å². The van der Waals surface area contributed by atoms with Crippen LogP contribution in [0.15, 0.2) is 23.6 Å². The predicted molar refractivity (Wildman–Crippen MR) is 108 cm³/mol. The molecule has 1 aliphatic rings. The van der Waals surface area contributed by atoms with E-state index in [0.29, 0.717) is 11.5 Å². The van der Waals surface area contributed by atoms with Crippen LogP contribution in [0.25, 0.3) is 21.3 Å². The largest absolute Gasteiger partial charge is 0.493 e. The molecular formula is C20H23N3O3S. The smallest absolute Gasteiger partial charge is 0.161 e. The summed E-state index contributed by atoms with van der Waals surface area (Å²) in [6, 6.07) is 5.95. The van der Waals surface area contributed by atoms with E-state index in [1.807, 2.05) is 25.1 Å². The number of hydrogen-bond donors (Lipinski definition) is 1. The third kappa shape index (κ3) is 3.57. The first kappa shape index (κ1) is 18.0. The van der Waals surface area contributed by atoms with Crippen molar-refractivity contribution in [1.82, 2.24) is 9.97 Å². The lowest BCUT2D eigenvalue weighted by Crippen LogP contribution is -2.19. The fourth-order valence-electron chi connectivity index (χ4n) is 3.41. The van der Waals surface area contributed by atoms with Crippen LogP contribution in [0.5, 0.6) is 11.5 Å². The highest BCUT2D eigenvalue weighted by Crippen LogP contribution is 2.40. The van der Waals surface area contributed by atoms with Crippen molar-refractivity contribution in [3.8, 4) is 22.6 Å². The van der Waals surface area contributed by atoms with E-state index >= 15 is 0 Å². The van der Waals surface area contributed by atoms with Crippen LogP contribution in [0.2, 0.25) is 0 Å². The van der Waals surface area contributed by atoms with Gasteiger partial charge in [0, 0.05) is 24.1 Å². The molecule has 3 heterocycles. The average Bonchev–Trinajstić information content (AvgIpc) is 3.35. The molecule has 6 nitrogen and oxygen atoms in total. The lowest BCUT2D eigenvalue weighted by molar-refractivity contribution is 0.120. The first-order valence-corrected chi connectivity index (χ1v) is 9.91. The van der Waals surface area contributed by atoms with Gasteiger partial charge in [-0.05, 0) is 37.5 Å². The zero-order valence-electron chi connectivity index (χ0n) is 15.7. The van der Waals surface area contributed by atoms with Gasteiger partial charge < -0.3 is 19.5 Å². The minimum absolute atomic E-state index is 0.249. The van der Waals surface area contributed by atoms with Gasteiger partial charge in [-0.3, -0.25) is 0 Å². The van der Waals surface area contributed by atoms with E-state index in [0.717, 1.165) is 59.0 Å². The van der Waals surface area contributed by atoms with Gasteiger partial charge in [-0.1, -0.05) is 6.07 Å². The van der Waals surface area contributed by atoms with Crippen LogP contribution in [0.4, 0.5) is 5.82 Å². The van der Waals surface area contributed by atoms with Crippen LogP contribution in [0.1, 0.15) is 18.7 Å². The molecule has 142 valence electrons. The lowest BCUT2D eigenvalue weighted by Gasteiger charge is -2.14. The van der Waals surface area contributed by atoms with Crippen molar-refractivity contribution in [1.29, 1.82) is 0 Å². The predicted octanol–water partition coefficient (Wildman–Crippen LogP) is 4.27. The first-order chi connectivity index (χ1) is 13.2. The third-order valence-corrected chi connectivity index (χ3v) is 5.63. The molecule has 0 aliphatic carbocycles. The van der Waals surface area contributed by atoms with Gasteiger partial charge in [-0.2, -0.15) is 0 Å². The maximum Gasteiger partial charge on any atom is 0.161 e. The molecule has 27 heavy (non-hydrogen) atoms. The van der Waals surface area contributed by atoms with Crippen LogP contribution in [0, 0.1) is 6.92 Å². The van der Waals surface area contributed by atoms with Crippen molar-refractivity contribution in [2.24, 2.45) is 0 Å². The molecule has 1 N–H and O–H groups in total. The molecule has 1 atom stereocenters. The zero-order valence-corrected chi connectivity index (χ0v) is 16.6. The molecule has 0 amide bonds. The topological polar surface area (TPSA) is 65.5 Å². The van der Waals surface area contributed by atoms with Crippen molar-refractivity contribution in [2.45, 2.75) is 25.9 Å². The molecule has 0 bridgehead atoms. The van der Waals surface area contributed by atoms with Crippen LogP contribution < -0.4 is 14.8 Å². The molecule has 1 aromatic carbocycles. The summed E-state index contributed by atoms with van der Waals surface area (Å²) in [5.74, 6) is 3.04. The van der Waals surface area contributed by atoms with Gasteiger partial charge in [0.25, 0.3) is 0 Å². The zero-order chi connectivity index (χ0) is 18.8. The standard InChI is InChI=1S/C20H23N3O3S/c1-12-22-19(21-10-14-5-4-8-26-14)18-15(11-27-20(18)23-12)13-6-7-16(24-2)17(9-13)25-3/h6-7,9,11,14H,4-5,8,10H2,1-3H3,(H,21,22,23)/t14-/m1/s1.